The van der Waals surface area contributed by atoms with Gasteiger partial charge in [-0.1, -0.05) is 69.3 Å². The van der Waals surface area contributed by atoms with Gasteiger partial charge in [-0.05, 0) is 24.1 Å². The van der Waals surface area contributed by atoms with E-state index in [2.05, 4.69) is 10.6 Å². The van der Waals surface area contributed by atoms with Crippen LogP contribution in [0, 0.1) is 5.41 Å². The number of rotatable bonds is 9. The molecule has 0 spiro atoms. The first kappa shape index (κ1) is 20.5. The number of hydrogen-bond donors (Lipinski definition) is 2. The molecule has 0 unspecified atom stereocenters. The number of carbonyl (C=O) groups excluding carboxylic acids is 2. The lowest BCUT2D eigenvalue weighted by Crippen LogP contribution is -2.45. The largest absolute Gasteiger partial charge is 0.492 e. The van der Waals surface area contributed by atoms with E-state index in [1.54, 1.807) is 0 Å². The summed E-state index contributed by atoms with van der Waals surface area (Å²) < 4.78 is 5.59. The lowest BCUT2D eigenvalue weighted by Gasteiger charge is -2.26. The summed E-state index contributed by atoms with van der Waals surface area (Å²) in [5.74, 6) is 0.358. The summed E-state index contributed by atoms with van der Waals surface area (Å²) in [6, 6.07) is 18.0. The number of benzene rings is 2. The van der Waals surface area contributed by atoms with E-state index in [0.29, 0.717) is 19.6 Å². The third-order valence-electron chi connectivity index (χ3n) is 4.58. The Morgan fingerprint density at radius 1 is 1.00 bits per heavy atom. The second-order valence-electron chi connectivity index (χ2n) is 7.01. The second-order valence-corrected chi connectivity index (χ2v) is 7.01. The van der Waals surface area contributed by atoms with Crippen LogP contribution < -0.4 is 15.4 Å². The van der Waals surface area contributed by atoms with Crippen molar-refractivity contribution in [3.05, 3.63) is 66.2 Å². The smallest absolute Gasteiger partial charge is 0.247 e. The molecule has 0 aliphatic heterocycles. The fraction of sp³-hybridized carbons (Fsp3) is 0.364. The molecule has 0 saturated heterocycles. The Morgan fingerprint density at radius 2 is 1.59 bits per heavy atom. The van der Waals surface area contributed by atoms with Crippen LogP contribution in [0.5, 0.6) is 5.75 Å². The zero-order valence-electron chi connectivity index (χ0n) is 16.2. The van der Waals surface area contributed by atoms with E-state index < -0.39 is 11.5 Å². The highest BCUT2D eigenvalue weighted by molar-refractivity contribution is 5.90. The molecule has 0 heterocycles. The molecule has 0 aliphatic carbocycles. The molecule has 0 aliphatic rings. The highest BCUT2D eigenvalue weighted by atomic mass is 16.5. The molecule has 2 amide bonds. The van der Waals surface area contributed by atoms with E-state index in [1.165, 1.54) is 0 Å². The maximum absolute atomic E-state index is 12.7. The molecule has 0 aromatic heterocycles. The van der Waals surface area contributed by atoms with Gasteiger partial charge in [0.25, 0.3) is 0 Å². The molecule has 0 radical (unpaired) electrons. The van der Waals surface area contributed by atoms with Gasteiger partial charge in [-0.25, -0.2) is 0 Å². The van der Waals surface area contributed by atoms with Gasteiger partial charge in [0, 0.05) is 5.41 Å². The summed E-state index contributed by atoms with van der Waals surface area (Å²) in [6.45, 7) is 6.40. The van der Waals surface area contributed by atoms with Crippen molar-refractivity contribution in [1.82, 2.24) is 10.6 Å². The van der Waals surface area contributed by atoms with Gasteiger partial charge >= 0.3 is 0 Å². The predicted octanol–water partition coefficient (Wildman–Crippen LogP) is 3.48. The number of ether oxygens (including phenoxy) is 1. The summed E-state index contributed by atoms with van der Waals surface area (Å²) in [5.41, 5.74) is 0.211. The van der Waals surface area contributed by atoms with Crippen molar-refractivity contribution in [3.8, 4) is 5.75 Å². The quantitative estimate of drug-likeness (QED) is 0.666. The molecule has 0 fully saturated rings. The number of carbonyl (C=O) groups is 2. The van der Waals surface area contributed by atoms with Crippen LogP contribution in [-0.4, -0.2) is 25.0 Å². The van der Waals surface area contributed by atoms with E-state index in [1.807, 2.05) is 81.4 Å². The highest BCUT2D eigenvalue weighted by Gasteiger charge is 2.30. The van der Waals surface area contributed by atoms with Crippen molar-refractivity contribution in [3.63, 3.8) is 0 Å². The topological polar surface area (TPSA) is 67.4 Å². The number of nitrogens with one attached hydrogen (secondary N) is 2. The van der Waals surface area contributed by atoms with Gasteiger partial charge in [-0.15, -0.1) is 0 Å². The van der Waals surface area contributed by atoms with Gasteiger partial charge in [0.2, 0.25) is 11.8 Å². The molecule has 5 heteroatoms. The normalized spacial score (nSPS) is 12.1. The minimum absolute atomic E-state index is 0.144. The fourth-order valence-electron chi connectivity index (χ4n) is 2.39. The Hall–Kier alpha value is -2.82. The average molecular weight is 368 g/mol. The van der Waals surface area contributed by atoms with Crippen LogP contribution in [0.15, 0.2) is 60.7 Å². The van der Waals surface area contributed by atoms with Crippen LogP contribution in [0.3, 0.4) is 0 Å². The number of amides is 2. The van der Waals surface area contributed by atoms with E-state index in [4.69, 9.17) is 4.74 Å². The fourth-order valence-corrected chi connectivity index (χ4v) is 2.39. The molecule has 144 valence electrons. The van der Waals surface area contributed by atoms with Crippen LogP contribution in [0.25, 0.3) is 0 Å². The second kappa shape index (κ2) is 9.76. The lowest BCUT2D eigenvalue weighted by molar-refractivity contribution is -0.134. The Balaban J connectivity index is 1.98. The van der Waals surface area contributed by atoms with E-state index in [-0.39, 0.29) is 11.8 Å². The Labute approximate surface area is 161 Å². The maximum Gasteiger partial charge on any atom is 0.247 e. The van der Waals surface area contributed by atoms with Crippen molar-refractivity contribution in [2.45, 2.75) is 33.2 Å². The summed E-state index contributed by atoms with van der Waals surface area (Å²) in [6.07, 6.45) is 0.687. The minimum Gasteiger partial charge on any atom is -0.492 e. The van der Waals surface area contributed by atoms with Gasteiger partial charge in [-0.2, -0.15) is 0 Å². The van der Waals surface area contributed by atoms with Gasteiger partial charge in [0.05, 0.1) is 6.54 Å². The van der Waals surface area contributed by atoms with Crippen molar-refractivity contribution < 1.29 is 14.3 Å². The number of para-hydroxylation sites is 1. The standard InChI is InChI=1S/C22H28N2O3/c1-4-22(2,3)21(26)24-19(17-11-7-5-8-12-17)20(25)23-15-16-27-18-13-9-6-10-14-18/h5-14,19H,4,15-16H2,1-3H3,(H,23,25)(H,24,26)/t19-/m1/s1. The summed E-state index contributed by atoms with van der Waals surface area (Å²) >= 11 is 0. The van der Waals surface area contributed by atoms with Gasteiger partial charge in [0.15, 0.2) is 0 Å². The zero-order valence-corrected chi connectivity index (χ0v) is 16.2. The van der Waals surface area contributed by atoms with Crippen molar-refractivity contribution in [2.75, 3.05) is 13.2 Å². The molecule has 0 bridgehead atoms. The van der Waals surface area contributed by atoms with E-state index in [0.717, 1.165) is 11.3 Å². The predicted molar refractivity (Wildman–Crippen MR) is 106 cm³/mol. The van der Waals surface area contributed by atoms with Crippen LogP contribution in [-0.2, 0) is 9.59 Å². The zero-order chi connectivity index (χ0) is 19.7. The highest BCUT2D eigenvalue weighted by Crippen LogP contribution is 2.22. The Morgan fingerprint density at radius 3 is 2.19 bits per heavy atom. The molecule has 0 saturated carbocycles. The summed E-state index contributed by atoms with van der Waals surface area (Å²) in [7, 11) is 0. The van der Waals surface area contributed by atoms with Crippen molar-refractivity contribution >= 4 is 11.8 Å². The molecule has 5 nitrogen and oxygen atoms in total. The van der Waals surface area contributed by atoms with Gasteiger partial charge < -0.3 is 15.4 Å². The van der Waals surface area contributed by atoms with Crippen LogP contribution >= 0.6 is 0 Å². The molecular weight excluding hydrogens is 340 g/mol. The van der Waals surface area contributed by atoms with Crippen molar-refractivity contribution in [1.29, 1.82) is 0 Å². The Bertz CT molecular complexity index is 730. The molecule has 2 aromatic rings. The first-order valence-corrected chi connectivity index (χ1v) is 9.25. The Kier molecular flexibility index (Phi) is 7.41. The minimum atomic E-state index is -0.735. The molecule has 2 aromatic carbocycles. The SMILES string of the molecule is CCC(C)(C)C(=O)N[C@@H](C(=O)NCCOc1ccccc1)c1ccccc1. The van der Waals surface area contributed by atoms with Crippen molar-refractivity contribution in [2.24, 2.45) is 5.41 Å². The monoisotopic (exact) mass is 368 g/mol. The summed E-state index contributed by atoms with van der Waals surface area (Å²) in [5, 5.41) is 5.74. The molecule has 2 rings (SSSR count). The maximum atomic E-state index is 12.7. The first-order chi connectivity index (χ1) is 12.9. The van der Waals surface area contributed by atoms with Crippen LogP contribution in [0.2, 0.25) is 0 Å². The van der Waals surface area contributed by atoms with E-state index >= 15 is 0 Å². The third kappa shape index (κ3) is 6.13. The van der Waals surface area contributed by atoms with Gasteiger partial charge in [0.1, 0.15) is 18.4 Å². The third-order valence-corrected chi connectivity index (χ3v) is 4.58. The number of hydrogen-bond acceptors (Lipinski definition) is 3. The molecule has 1 atom stereocenters. The molecule has 2 N–H and O–H groups in total. The molecule has 27 heavy (non-hydrogen) atoms. The van der Waals surface area contributed by atoms with Crippen LogP contribution in [0.4, 0.5) is 0 Å². The lowest BCUT2D eigenvalue weighted by atomic mass is 9.88. The van der Waals surface area contributed by atoms with E-state index in [9.17, 15) is 9.59 Å². The average Bonchev–Trinajstić information content (AvgIpc) is 2.70. The van der Waals surface area contributed by atoms with Gasteiger partial charge in [-0.3, -0.25) is 9.59 Å². The van der Waals surface area contributed by atoms with Crippen LogP contribution in [0.1, 0.15) is 38.8 Å². The first-order valence-electron chi connectivity index (χ1n) is 9.25. The summed E-state index contributed by atoms with van der Waals surface area (Å²) in [4.78, 5) is 25.3. The molecular formula is C22H28N2O3.